The predicted octanol–water partition coefficient (Wildman–Crippen LogP) is 2.83. The summed E-state index contributed by atoms with van der Waals surface area (Å²) in [6.45, 7) is 10.2. The molecule has 0 saturated carbocycles. The number of hydrogen-bond donors (Lipinski definition) is 1. The van der Waals surface area contributed by atoms with Crippen molar-refractivity contribution in [2.45, 2.75) is 52.6 Å². The number of ether oxygens (including phenoxy) is 1. The molecule has 0 aromatic rings. The monoisotopic (exact) mass is 213 g/mol. The summed E-state index contributed by atoms with van der Waals surface area (Å²) in [5.74, 6) is 1.54. The van der Waals surface area contributed by atoms with Gasteiger partial charge in [-0.1, -0.05) is 20.8 Å². The second kappa shape index (κ2) is 7.24. The topological polar surface area (TPSA) is 21.3 Å². The van der Waals surface area contributed by atoms with Crippen LogP contribution in [0.2, 0.25) is 0 Å². The van der Waals surface area contributed by atoms with E-state index < -0.39 is 0 Å². The van der Waals surface area contributed by atoms with Crippen LogP contribution in [0.1, 0.15) is 46.5 Å². The second-order valence-electron chi connectivity index (χ2n) is 5.08. The minimum Gasteiger partial charge on any atom is -0.378 e. The first-order valence-corrected chi connectivity index (χ1v) is 6.56. The van der Waals surface area contributed by atoms with Crippen molar-refractivity contribution in [2.75, 3.05) is 19.7 Å². The van der Waals surface area contributed by atoms with Crippen molar-refractivity contribution in [3.05, 3.63) is 0 Å². The molecule has 2 heteroatoms. The zero-order valence-electron chi connectivity index (χ0n) is 10.6. The molecule has 0 spiro atoms. The highest BCUT2D eigenvalue weighted by Crippen LogP contribution is 2.24. The maximum Gasteiger partial charge on any atom is 0.0579 e. The third kappa shape index (κ3) is 4.98. The van der Waals surface area contributed by atoms with E-state index in [0.29, 0.717) is 6.10 Å². The molecule has 1 aliphatic heterocycles. The Morgan fingerprint density at radius 1 is 1.40 bits per heavy atom. The van der Waals surface area contributed by atoms with Gasteiger partial charge in [0.1, 0.15) is 0 Å². The molecule has 1 heterocycles. The molecule has 0 aliphatic carbocycles. The van der Waals surface area contributed by atoms with Crippen LogP contribution in [0.3, 0.4) is 0 Å². The van der Waals surface area contributed by atoms with Crippen molar-refractivity contribution >= 4 is 0 Å². The summed E-state index contributed by atoms with van der Waals surface area (Å²) in [4.78, 5) is 0. The standard InChI is InChI=1S/C13H27NO/c1-4-7-14-10-12(11(2)3)9-13-6-5-8-15-13/h11-14H,4-10H2,1-3H3. The van der Waals surface area contributed by atoms with Crippen LogP contribution in [0.15, 0.2) is 0 Å². The van der Waals surface area contributed by atoms with Crippen LogP contribution in [0.25, 0.3) is 0 Å². The highest BCUT2D eigenvalue weighted by atomic mass is 16.5. The van der Waals surface area contributed by atoms with Gasteiger partial charge < -0.3 is 10.1 Å². The summed E-state index contributed by atoms with van der Waals surface area (Å²) in [7, 11) is 0. The van der Waals surface area contributed by atoms with Gasteiger partial charge in [-0.05, 0) is 50.6 Å². The Kier molecular flexibility index (Phi) is 6.26. The van der Waals surface area contributed by atoms with Crippen LogP contribution in [-0.2, 0) is 4.74 Å². The molecule has 1 N–H and O–H groups in total. The maximum atomic E-state index is 5.71. The smallest absolute Gasteiger partial charge is 0.0579 e. The van der Waals surface area contributed by atoms with Gasteiger partial charge in [0.05, 0.1) is 6.10 Å². The molecule has 1 saturated heterocycles. The van der Waals surface area contributed by atoms with Crippen molar-refractivity contribution in [1.29, 1.82) is 0 Å². The maximum absolute atomic E-state index is 5.71. The number of rotatable bonds is 7. The Morgan fingerprint density at radius 2 is 2.20 bits per heavy atom. The molecule has 90 valence electrons. The second-order valence-corrected chi connectivity index (χ2v) is 5.08. The molecule has 2 atom stereocenters. The molecule has 0 bridgehead atoms. The van der Waals surface area contributed by atoms with Gasteiger partial charge in [0.15, 0.2) is 0 Å². The number of nitrogens with one attached hydrogen (secondary N) is 1. The van der Waals surface area contributed by atoms with Crippen molar-refractivity contribution in [1.82, 2.24) is 5.32 Å². The summed E-state index contributed by atoms with van der Waals surface area (Å²) in [6.07, 6.45) is 5.55. The minimum absolute atomic E-state index is 0.542. The quantitative estimate of drug-likeness (QED) is 0.657. The van der Waals surface area contributed by atoms with E-state index >= 15 is 0 Å². The molecule has 2 nitrogen and oxygen atoms in total. The molecular formula is C13H27NO. The molecular weight excluding hydrogens is 186 g/mol. The largest absolute Gasteiger partial charge is 0.378 e. The lowest BCUT2D eigenvalue weighted by Crippen LogP contribution is -2.29. The first-order chi connectivity index (χ1) is 7.24. The van der Waals surface area contributed by atoms with E-state index in [1.165, 1.54) is 25.7 Å². The first kappa shape index (κ1) is 13.0. The van der Waals surface area contributed by atoms with Gasteiger partial charge in [0.2, 0.25) is 0 Å². The predicted molar refractivity (Wildman–Crippen MR) is 65.1 cm³/mol. The fraction of sp³-hybridized carbons (Fsp3) is 1.00. The minimum atomic E-state index is 0.542. The summed E-state index contributed by atoms with van der Waals surface area (Å²) < 4.78 is 5.71. The van der Waals surface area contributed by atoms with Gasteiger partial charge >= 0.3 is 0 Å². The summed E-state index contributed by atoms with van der Waals surface area (Å²) in [5.41, 5.74) is 0. The van der Waals surface area contributed by atoms with E-state index in [0.717, 1.165) is 31.5 Å². The Bertz CT molecular complexity index is 153. The van der Waals surface area contributed by atoms with Gasteiger partial charge in [0.25, 0.3) is 0 Å². The molecule has 0 amide bonds. The molecule has 15 heavy (non-hydrogen) atoms. The van der Waals surface area contributed by atoms with Gasteiger partial charge in [-0.3, -0.25) is 0 Å². The van der Waals surface area contributed by atoms with Gasteiger partial charge in [-0.25, -0.2) is 0 Å². The zero-order valence-corrected chi connectivity index (χ0v) is 10.6. The lowest BCUT2D eigenvalue weighted by molar-refractivity contribution is 0.0818. The van der Waals surface area contributed by atoms with Crippen molar-refractivity contribution < 1.29 is 4.74 Å². The van der Waals surface area contributed by atoms with Gasteiger partial charge in [-0.2, -0.15) is 0 Å². The summed E-state index contributed by atoms with van der Waals surface area (Å²) in [5, 5.41) is 3.53. The van der Waals surface area contributed by atoms with Crippen molar-refractivity contribution in [3.8, 4) is 0 Å². The van der Waals surface area contributed by atoms with Crippen LogP contribution in [0.4, 0.5) is 0 Å². The van der Waals surface area contributed by atoms with E-state index in [4.69, 9.17) is 4.74 Å². The Morgan fingerprint density at radius 3 is 2.73 bits per heavy atom. The van der Waals surface area contributed by atoms with Crippen LogP contribution in [-0.4, -0.2) is 25.8 Å². The molecule has 1 rings (SSSR count). The molecule has 1 fully saturated rings. The lowest BCUT2D eigenvalue weighted by atomic mass is 9.89. The normalized spacial score (nSPS) is 23.6. The lowest BCUT2D eigenvalue weighted by Gasteiger charge is -2.24. The molecule has 0 radical (unpaired) electrons. The van der Waals surface area contributed by atoms with Crippen LogP contribution in [0.5, 0.6) is 0 Å². The Balaban J connectivity index is 2.22. The van der Waals surface area contributed by atoms with E-state index in [9.17, 15) is 0 Å². The van der Waals surface area contributed by atoms with E-state index in [1.807, 2.05) is 0 Å². The fourth-order valence-electron chi connectivity index (χ4n) is 2.22. The number of hydrogen-bond acceptors (Lipinski definition) is 2. The third-order valence-corrected chi connectivity index (χ3v) is 3.37. The summed E-state index contributed by atoms with van der Waals surface area (Å²) >= 11 is 0. The summed E-state index contributed by atoms with van der Waals surface area (Å²) in [6, 6.07) is 0. The SMILES string of the molecule is CCCNCC(CC1CCCO1)C(C)C. The van der Waals surface area contributed by atoms with Crippen molar-refractivity contribution in [2.24, 2.45) is 11.8 Å². The highest BCUT2D eigenvalue weighted by molar-refractivity contribution is 4.74. The third-order valence-electron chi connectivity index (χ3n) is 3.37. The highest BCUT2D eigenvalue weighted by Gasteiger charge is 2.22. The van der Waals surface area contributed by atoms with Crippen LogP contribution < -0.4 is 5.32 Å². The van der Waals surface area contributed by atoms with Crippen LogP contribution >= 0.6 is 0 Å². The van der Waals surface area contributed by atoms with Gasteiger partial charge in [-0.15, -0.1) is 0 Å². The van der Waals surface area contributed by atoms with Gasteiger partial charge in [0, 0.05) is 6.61 Å². The van der Waals surface area contributed by atoms with E-state index in [2.05, 4.69) is 26.1 Å². The Labute approximate surface area is 94.8 Å². The molecule has 1 aliphatic rings. The average molecular weight is 213 g/mol. The van der Waals surface area contributed by atoms with E-state index in [1.54, 1.807) is 0 Å². The van der Waals surface area contributed by atoms with Crippen LogP contribution in [0, 0.1) is 11.8 Å². The molecule has 0 aromatic carbocycles. The zero-order chi connectivity index (χ0) is 11.1. The molecule has 2 unspecified atom stereocenters. The first-order valence-electron chi connectivity index (χ1n) is 6.56. The molecule has 0 aromatic heterocycles. The average Bonchev–Trinajstić information content (AvgIpc) is 2.69. The van der Waals surface area contributed by atoms with Crippen molar-refractivity contribution in [3.63, 3.8) is 0 Å². The van der Waals surface area contributed by atoms with E-state index in [-0.39, 0.29) is 0 Å². The Hall–Kier alpha value is -0.0800. The fourth-order valence-corrected chi connectivity index (χ4v) is 2.22.